The molecule has 2 amide bonds. The van der Waals surface area contributed by atoms with Gasteiger partial charge in [-0.05, 0) is 67.1 Å². The van der Waals surface area contributed by atoms with Crippen LogP contribution >= 0.6 is 11.6 Å². The summed E-state index contributed by atoms with van der Waals surface area (Å²) in [6.07, 6.45) is 0.223. The largest absolute Gasteiger partial charge is 0.477 e. The fourth-order valence-corrected chi connectivity index (χ4v) is 5.00. The zero-order valence-corrected chi connectivity index (χ0v) is 22.8. The smallest absolute Gasteiger partial charge is 0.255 e. The Balaban J connectivity index is 1.38. The van der Waals surface area contributed by atoms with Gasteiger partial charge >= 0.3 is 0 Å². The number of aliphatic hydroxyl groups is 2. The van der Waals surface area contributed by atoms with Crippen molar-refractivity contribution in [3.8, 4) is 17.0 Å². The molecule has 0 saturated carbocycles. The number of benzene rings is 2. The van der Waals surface area contributed by atoms with Gasteiger partial charge in [-0.2, -0.15) is 0 Å². The Labute approximate surface area is 233 Å². The van der Waals surface area contributed by atoms with Crippen molar-refractivity contribution in [1.82, 2.24) is 15.2 Å². The number of rotatable bonds is 10. The predicted molar refractivity (Wildman–Crippen MR) is 149 cm³/mol. The van der Waals surface area contributed by atoms with Crippen LogP contribution in [0, 0.1) is 0 Å². The summed E-state index contributed by atoms with van der Waals surface area (Å²) in [4.78, 5) is 31.7. The zero-order chi connectivity index (χ0) is 27.9. The van der Waals surface area contributed by atoms with Crippen molar-refractivity contribution >= 4 is 23.4 Å². The van der Waals surface area contributed by atoms with Crippen molar-refractivity contribution < 1.29 is 24.5 Å². The van der Waals surface area contributed by atoms with Crippen LogP contribution < -0.4 is 10.1 Å². The summed E-state index contributed by atoms with van der Waals surface area (Å²) in [6, 6.07) is 17.8. The third-order valence-electron chi connectivity index (χ3n) is 6.88. The quantitative estimate of drug-likeness (QED) is 0.343. The maximum Gasteiger partial charge on any atom is 0.255 e. The number of carbonyl (C=O) groups is 2. The van der Waals surface area contributed by atoms with E-state index >= 15 is 0 Å². The van der Waals surface area contributed by atoms with E-state index in [1.165, 1.54) is 4.90 Å². The second-order valence-corrected chi connectivity index (χ2v) is 10.1. The van der Waals surface area contributed by atoms with Crippen LogP contribution in [0.3, 0.4) is 0 Å². The number of hydrogen-bond acceptors (Lipinski definition) is 6. The van der Waals surface area contributed by atoms with Crippen molar-refractivity contribution in [2.45, 2.75) is 57.4 Å². The average Bonchev–Trinajstić information content (AvgIpc) is 3.45. The minimum atomic E-state index is -1.91. The Bertz CT molecular complexity index is 1290. The zero-order valence-electron chi connectivity index (χ0n) is 22.1. The molecule has 3 N–H and O–H groups in total. The van der Waals surface area contributed by atoms with E-state index in [0.717, 1.165) is 35.1 Å². The second-order valence-electron chi connectivity index (χ2n) is 9.69. The van der Waals surface area contributed by atoms with Crippen molar-refractivity contribution in [2.24, 2.45) is 0 Å². The molecule has 2 aromatic carbocycles. The predicted octanol–water partition coefficient (Wildman–Crippen LogP) is 4.45. The number of nitrogens with zero attached hydrogens (tertiary/aromatic N) is 2. The van der Waals surface area contributed by atoms with E-state index in [0.29, 0.717) is 30.5 Å². The standard InChI is InChI=1S/C30H34ClN3O5/c1-3-17-39-29-24(9-5-15-32-29)21-13-11-20(12-14-21)19(2)33-28(37)26(35)27(36)30(38)34-16-6-10-25(34)22-7-4-8-23(31)18-22/h4-5,7-9,11-15,18-19,25-27,35-36H,3,6,10,16-17H2,1-2H3,(H,33,37)/t19-,25-,26-,27-/m1/s1. The molecule has 9 heteroatoms. The van der Waals surface area contributed by atoms with Crippen molar-refractivity contribution in [3.05, 3.63) is 83.0 Å². The summed E-state index contributed by atoms with van der Waals surface area (Å²) in [5, 5.41) is 24.4. The lowest BCUT2D eigenvalue weighted by Crippen LogP contribution is -2.50. The Morgan fingerprint density at radius 2 is 1.90 bits per heavy atom. The van der Waals surface area contributed by atoms with E-state index in [1.807, 2.05) is 49.4 Å². The molecule has 0 aliphatic carbocycles. The van der Waals surface area contributed by atoms with E-state index in [1.54, 1.807) is 31.3 Å². The summed E-state index contributed by atoms with van der Waals surface area (Å²) in [6.45, 7) is 4.79. The minimum absolute atomic E-state index is 0.272. The van der Waals surface area contributed by atoms with Crippen LogP contribution in [0.25, 0.3) is 11.1 Å². The van der Waals surface area contributed by atoms with Gasteiger partial charge in [0.15, 0.2) is 12.2 Å². The van der Waals surface area contributed by atoms with Gasteiger partial charge in [-0.3, -0.25) is 9.59 Å². The summed E-state index contributed by atoms with van der Waals surface area (Å²) in [7, 11) is 0. The van der Waals surface area contributed by atoms with Gasteiger partial charge in [0.2, 0.25) is 5.88 Å². The lowest BCUT2D eigenvalue weighted by Gasteiger charge is -2.29. The van der Waals surface area contributed by atoms with E-state index in [-0.39, 0.29) is 6.04 Å². The highest BCUT2D eigenvalue weighted by Crippen LogP contribution is 2.34. The van der Waals surface area contributed by atoms with Gasteiger partial charge in [0.05, 0.1) is 18.7 Å². The first-order valence-corrected chi connectivity index (χ1v) is 13.6. The van der Waals surface area contributed by atoms with Gasteiger partial charge in [-0.25, -0.2) is 4.98 Å². The lowest BCUT2D eigenvalue weighted by atomic mass is 10.0. The lowest BCUT2D eigenvalue weighted by molar-refractivity contribution is -0.154. The third-order valence-corrected chi connectivity index (χ3v) is 7.12. The van der Waals surface area contributed by atoms with E-state index in [4.69, 9.17) is 16.3 Å². The molecule has 1 saturated heterocycles. The van der Waals surface area contributed by atoms with Gasteiger partial charge in [-0.1, -0.05) is 54.9 Å². The van der Waals surface area contributed by atoms with Crippen LogP contribution in [0.15, 0.2) is 66.9 Å². The fraction of sp³-hybridized carbons (Fsp3) is 0.367. The third kappa shape index (κ3) is 6.76. The summed E-state index contributed by atoms with van der Waals surface area (Å²) < 4.78 is 5.76. The Hall–Kier alpha value is -3.46. The van der Waals surface area contributed by atoms with Crippen LogP contribution in [-0.2, 0) is 9.59 Å². The summed E-state index contributed by atoms with van der Waals surface area (Å²) in [5.74, 6) is -0.950. The maximum atomic E-state index is 13.1. The number of carbonyl (C=O) groups excluding carboxylic acids is 2. The molecule has 2 heterocycles. The molecule has 1 aliphatic heterocycles. The number of halogens is 1. The van der Waals surface area contributed by atoms with Crippen LogP contribution in [0.5, 0.6) is 5.88 Å². The van der Waals surface area contributed by atoms with Crippen LogP contribution in [0.1, 0.15) is 56.3 Å². The molecule has 8 nitrogen and oxygen atoms in total. The first-order valence-electron chi connectivity index (χ1n) is 13.2. The van der Waals surface area contributed by atoms with E-state index in [2.05, 4.69) is 10.3 Å². The highest BCUT2D eigenvalue weighted by atomic mass is 35.5. The van der Waals surface area contributed by atoms with Crippen molar-refractivity contribution in [3.63, 3.8) is 0 Å². The van der Waals surface area contributed by atoms with Gasteiger partial charge < -0.3 is 25.2 Å². The normalized spacial score (nSPS) is 17.4. The number of nitrogens with one attached hydrogen (secondary N) is 1. The number of aliphatic hydroxyl groups excluding tert-OH is 2. The van der Waals surface area contributed by atoms with Crippen LogP contribution in [0.4, 0.5) is 0 Å². The topological polar surface area (TPSA) is 112 Å². The molecular formula is C30H34ClN3O5. The Morgan fingerprint density at radius 3 is 2.62 bits per heavy atom. The minimum Gasteiger partial charge on any atom is -0.477 e. The highest BCUT2D eigenvalue weighted by molar-refractivity contribution is 6.30. The molecule has 1 aromatic heterocycles. The highest BCUT2D eigenvalue weighted by Gasteiger charge is 2.38. The number of likely N-dealkylation sites (tertiary alicyclic amines) is 1. The number of pyridine rings is 1. The Morgan fingerprint density at radius 1 is 1.13 bits per heavy atom. The molecule has 4 rings (SSSR count). The van der Waals surface area contributed by atoms with Crippen LogP contribution in [-0.4, -0.2) is 57.3 Å². The molecule has 4 atom stereocenters. The van der Waals surface area contributed by atoms with Gasteiger partial charge in [0.1, 0.15) is 0 Å². The number of aromatic nitrogens is 1. The van der Waals surface area contributed by atoms with Gasteiger partial charge in [0, 0.05) is 23.3 Å². The molecule has 0 unspecified atom stereocenters. The first kappa shape index (κ1) is 28.5. The average molecular weight is 552 g/mol. The summed E-state index contributed by atoms with van der Waals surface area (Å²) >= 11 is 6.11. The Kier molecular flexibility index (Phi) is 9.56. The van der Waals surface area contributed by atoms with Gasteiger partial charge in [-0.15, -0.1) is 0 Å². The van der Waals surface area contributed by atoms with Crippen molar-refractivity contribution in [2.75, 3.05) is 13.2 Å². The monoisotopic (exact) mass is 551 g/mol. The molecular weight excluding hydrogens is 518 g/mol. The fourth-order valence-electron chi connectivity index (χ4n) is 4.80. The SMILES string of the molecule is CCCOc1ncccc1-c1ccc([C@@H](C)NC(=O)[C@H](O)[C@@H](O)C(=O)N2CCC[C@@H]2c2cccc(Cl)c2)cc1. The molecule has 1 aliphatic rings. The number of hydrogen-bond donors (Lipinski definition) is 3. The molecule has 0 radical (unpaired) electrons. The van der Waals surface area contributed by atoms with Crippen molar-refractivity contribution in [1.29, 1.82) is 0 Å². The maximum absolute atomic E-state index is 13.1. The van der Waals surface area contributed by atoms with E-state index < -0.39 is 30.1 Å². The summed E-state index contributed by atoms with van der Waals surface area (Å²) in [5.41, 5.74) is 3.43. The first-order chi connectivity index (χ1) is 18.8. The van der Waals surface area contributed by atoms with E-state index in [9.17, 15) is 19.8 Å². The molecule has 0 spiro atoms. The second kappa shape index (κ2) is 13.1. The molecule has 0 bridgehead atoms. The van der Waals surface area contributed by atoms with Gasteiger partial charge in [0.25, 0.3) is 11.8 Å². The van der Waals surface area contributed by atoms with Crippen LogP contribution in [0.2, 0.25) is 5.02 Å². The molecule has 39 heavy (non-hydrogen) atoms. The molecule has 3 aromatic rings. The molecule has 1 fully saturated rings. The molecule has 206 valence electrons. The number of ether oxygens (including phenoxy) is 1. The number of amides is 2.